The van der Waals surface area contributed by atoms with Crippen LogP contribution in [-0.2, 0) is 16.1 Å². The van der Waals surface area contributed by atoms with E-state index in [0.717, 1.165) is 5.56 Å². The Labute approximate surface area is 150 Å². The van der Waals surface area contributed by atoms with Gasteiger partial charge in [-0.05, 0) is 27.6 Å². The van der Waals surface area contributed by atoms with Crippen molar-refractivity contribution in [3.8, 4) is 0 Å². The highest BCUT2D eigenvalue weighted by molar-refractivity contribution is 9.10. The van der Waals surface area contributed by atoms with Crippen molar-refractivity contribution in [2.45, 2.75) is 19.1 Å². The second kappa shape index (κ2) is 8.33. The van der Waals surface area contributed by atoms with E-state index in [1.54, 1.807) is 6.07 Å². The first-order valence-corrected chi connectivity index (χ1v) is 8.58. The average Bonchev–Trinajstić information content (AvgIpc) is 2.85. The first-order chi connectivity index (χ1) is 11.0. The average molecular weight is 419 g/mol. The monoisotopic (exact) mass is 417 g/mol. The van der Waals surface area contributed by atoms with E-state index >= 15 is 0 Å². The summed E-state index contributed by atoms with van der Waals surface area (Å²) in [5.74, 6) is -1.03. The largest absolute Gasteiger partial charge is 0.481 e. The van der Waals surface area contributed by atoms with Gasteiger partial charge in [0.05, 0.1) is 12.5 Å². The number of carboxylic acid groups (broad SMARTS) is 1. The molecule has 122 valence electrons. The Kier molecular flexibility index (Phi) is 6.44. The summed E-state index contributed by atoms with van der Waals surface area (Å²) in [6, 6.07) is 10.2. The van der Waals surface area contributed by atoms with Crippen LogP contribution in [0.4, 0.5) is 4.79 Å². The first kappa shape index (κ1) is 17.8. The highest BCUT2D eigenvalue weighted by atomic mass is 79.9. The number of hydrogen-bond donors (Lipinski definition) is 2. The van der Waals surface area contributed by atoms with E-state index in [0.29, 0.717) is 13.7 Å². The van der Waals surface area contributed by atoms with Crippen LogP contribution in [0.1, 0.15) is 22.9 Å². The number of hydrogen-bond acceptors (Lipinski definition) is 4. The summed E-state index contributed by atoms with van der Waals surface area (Å²) in [7, 11) is 0. The number of amides is 1. The van der Waals surface area contributed by atoms with E-state index in [-0.39, 0.29) is 13.0 Å². The summed E-state index contributed by atoms with van der Waals surface area (Å²) in [4.78, 5) is 23.6. The third-order valence-corrected chi connectivity index (χ3v) is 5.48. The van der Waals surface area contributed by atoms with Crippen molar-refractivity contribution >= 4 is 50.9 Å². The lowest BCUT2D eigenvalue weighted by Gasteiger charge is -2.15. The van der Waals surface area contributed by atoms with Gasteiger partial charge in [-0.1, -0.05) is 41.9 Å². The van der Waals surface area contributed by atoms with E-state index in [9.17, 15) is 9.59 Å². The normalized spacial score (nSPS) is 11.7. The van der Waals surface area contributed by atoms with Crippen LogP contribution in [0.25, 0.3) is 0 Å². The SMILES string of the molecule is O=C(O)C[C@@H](NC(=O)OCc1ccccc1)c1cc(Br)c(Cl)s1. The molecule has 0 saturated heterocycles. The molecule has 0 bridgehead atoms. The molecule has 0 radical (unpaired) electrons. The highest BCUT2D eigenvalue weighted by Gasteiger charge is 2.22. The van der Waals surface area contributed by atoms with Crippen LogP contribution in [-0.4, -0.2) is 17.2 Å². The predicted octanol–water partition coefficient (Wildman–Crippen LogP) is 4.61. The Morgan fingerprint density at radius 1 is 1.35 bits per heavy atom. The van der Waals surface area contributed by atoms with Crippen molar-refractivity contribution in [3.63, 3.8) is 0 Å². The minimum atomic E-state index is -1.03. The number of carboxylic acids is 1. The quantitative estimate of drug-likeness (QED) is 0.718. The van der Waals surface area contributed by atoms with Gasteiger partial charge in [0, 0.05) is 9.35 Å². The summed E-state index contributed by atoms with van der Waals surface area (Å²) in [5, 5.41) is 11.6. The molecule has 1 aromatic heterocycles. The van der Waals surface area contributed by atoms with E-state index in [4.69, 9.17) is 21.4 Å². The maximum atomic E-state index is 11.9. The summed E-state index contributed by atoms with van der Waals surface area (Å²) in [6.07, 6.45) is -0.940. The van der Waals surface area contributed by atoms with Crippen molar-refractivity contribution in [1.29, 1.82) is 0 Å². The summed E-state index contributed by atoms with van der Waals surface area (Å²) in [5.41, 5.74) is 0.847. The molecule has 1 atom stereocenters. The topological polar surface area (TPSA) is 75.6 Å². The number of alkyl carbamates (subject to hydrolysis) is 1. The van der Waals surface area contributed by atoms with E-state index in [1.807, 2.05) is 30.3 Å². The molecule has 1 heterocycles. The molecular weight excluding hydrogens is 406 g/mol. The molecule has 2 rings (SSSR count). The fourth-order valence-corrected chi connectivity index (χ4v) is 3.63. The number of ether oxygens (including phenoxy) is 1. The van der Waals surface area contributed by atoms with E-state index in [2.05, 4.69) is 21.2 Å². The predicted molar refractivity (Wildman–Crippen MR) is 91.8 cm³/mol. The number of carbonyl (C=O) groups excluding carboxylic acids is 1. The minimum absolute atomic E-state index is 0.112. The van der Waals surface area contributed by atoms with Gasteiger partial charge in [-0.3, -0.25) is 4.79 Å². The number of rotatable bonds is 6. The van der Waals surface area contributed by atoms with E-state index in [1.165, 1.54) is 11.3 Å². The van der Waals surface area contributed by atoms with Gasteiger partial charge < -0.3 is 15.2 Å². The van der Waals surface area contributed by atoms with Crippen molar-refractivity contribution < 1.29 is 19.4 Å². The first-order valence-electron chi connectivity index (χ1n) is 6.59. The number of carbonyl (C=O) groups is 2. The summed E-state index contributed by atoms with van der Waals surface area (Å²) >= 11 is 10.4. The highest BCUT2D eigenvalue weighted by Crippen LogP contribution is 2.36. The molecule has 0 spiro atoms. The lowest BCUT2D eigenvalue weighted by atomic mass is 10.2. The van der Waals surface area contributed by atoms with Crippen LogP contribution in [0, 0.1) is 0 Å². The lowest BCUT2D eigenvalue weighted by Crippen LogP contribution is -2.30. The molecule has 0 saturated carbocycles. The van der Waals surface area contributed by atoms with Crippen molar-refractivity contribution in [3.05, 3.63) is 55.6 Å². The van der Waals surface area contributed by atoms with Gasteiger partial charge in [0.25, 0.3) is 0 Å². The molecule has 0 fully saturated rings. The van der Waals surface area contributed by atoms with Crippen LogP contribution in [0.15, 0.2) is 40.9 Å². The van der Waals surface area contributed by atoms with Gasteiger partial charge in [0.15, 0.2) is 0 Å². The van der Waals surface area contributed by atoms with Gasteiger partial charge >= 0.3 is 12.1 Å². The van der Waals surface area contributed by atoms with Crippen molar-refractivity contribution in [1.82, 2.24) is 5.32 Å². The smallest absolute Gasteiger partial charge is 0.407 e. The molecule has 0 aliphatic rings. The molecule has 0 aliphatic carbocycles. The van der Waals surface area contributed by atoms with Gasteiger partial charge in [0.2, 0.25) is 0 Å². The van der Waals surface area contributed by atoms with Crippen molar-refractivity contribution in [2.24, 2.45) is 0 Å². The molecule has 2 aromatic rings. The van der Waals surface area contributed by atoms with Gasteiger partial charge in [-0.25, -0.2) is 4.79 Å². The summed E-state index contributed by atoms with van der Waals surface area (Å²) < 4.78 is 6.27. The van der Waals surface area contributed by atoms with E-state index < -0.39 is 18.1 Å². The zero-order valence-electron chi connectivity index (χ0n) is 11.8. The van der Waals surface area contributed by atoms with Crippen LogP contribution >= 0.6 is 38.9 Å². The number of thiophene rings is 1. The molecule has 0 unspecified atom stereocenters. The van der Waals surface area contributed by atoms with Crippen LogP contribution < -0.4 is 5.32 Å². The molecule has 1 amide bonds. The van der Waals surface area contributed by atoms with Gasteiger partial charge in [-0.15, -0.1) is 11.3 Å². The van der Waals surface area contributed by atoms with Gasteiger partial charge in [-0.2, -0.15) is 0 Å². The van der Waals surface area contributed by atoms with Crippen molar-refractivity contribution in [2.75, 3.05) is 0 Å². The fraction of sp³-hybridized carbons (Fsp3) is 0.200. The molecule has 1 aromatic carbocycles. The maximum absolute atomic E-state index is 11.9. The number of benzene rings is 1. The second-order valence-corrected chi connectivity index (χ2v) is 7.17. The molecule has 23 heavy (non-hydrogen) atoms. The Bertz CT molecular complexity index is 673. The Balaban J connectivity index is 1.99. The zero-order valence-corrected chi connectivity index (χ0v) is 15.0. The van der Waals surface area contributed by atoms with Crippen LogP contribution in [0.3, 0.4) is 0 Å². The Hall–Kier alpha value is -1.57. The second-order valence-electron chi connectivity index (χ2n) is 4.63. The van der Waals surface area contributed by atoms with Gasteiger partial charge in [0.1, 0.15) is 10.9 Å². The number of halogens is 2. The molecule has 5 nitrogen and oxygen atoms in total. The molecule has 2 N–H and O–H groups in total. The van der Waals surface area contributed by atoms with Crippen LogP contribution in [0.5, 0.6) is 0 Å². The fourth-order valence-electron chi connectivity index (χ4n) is 1.84. The molecule has 0 aliphatic heterocycles. The standard InChI is InChI=1S/C15H13BrClNO4S/c16-10-6-12(23-14(10)17)11(7-13(19)20)18-15(21)22-8-9-4-2-1-3-5-9/h1-6,11H,7-8H2,(H,18,21)(H,19,20)/t11-/m1/s1. The maximum Gasteiger partial charge on any atom is 0.407 e. The third-order valence-electron chi connectivity index (χ3n) is 2.89. The third kappa shape index (κ3) is 5.53. The molecular formula is C15H13BrClNO4S. The minimum Gasteiger partial charge on any atom is -0.481 e. The van der Waals surface area contributed by atoms with Crippen LogP contribution in [0.2, 0.25) is 4.34 Å². The molecule has 8 heteroatoms. The summed E-state index contributed by atoms with van der Waals surface area (Å²) in [6.45, 7) is 0.112. The Morgan fingerprint density at radius 3 is 2.61 bits per heavy atom. The number of nitrogens with one attached hydrogen (secondary N) is 1. The Morgan fingerprint density at radius 2 is 2.04 bits per heavy atom. The lowest BCUT2D eigenvalue weighted by molar-refractivity contribution is -0.137. The zero-order chi connectivity index (χ0) is 16.8. The number of aliphatic carboxylic acids is 1.